The van der Waals surface area contributed by atoms with Gasteiger partial charge < -0.3 is 10.4 Å². The minimum atomic E-state index is -3.67. The number of nitrogens with one attached hydrogen (secondary N) is 1. The fraction of sp³-hybridized carbons (Fsp3) is 0.833. The molecule has 0 aromatic heterocycles. The van der Waals surface area contributed by atoms with Gasteiger partial charge in [0.1, 0.15) is 0 Å². The zero-order valence-corrected chi connectivity index (χ0v) is 8.89. The van der Waals surface area contributed by atoms with Crippen LogP contribution in [-0.2, 0) is 9.05 Å². The van der Waals surface area contributed by atoms with Crippen molar-refractivity contribution in [3.8, 4) is 0 Å². The van der Waals surface area contributed by atoms with Crippen molar-refractivity contribution < 1.29 is 18.3 Å². The van der Waals surface area contributed by atoms with Gasteiger partial charge in [0.25, 0.3) is 0 Å². The van der Waals surface area contributed by atoms with Gasteiger partial charge in [-0.1, -0.05) is 13.8 Å². The van der Waals surface area contributed by atoms with E-state index in [4.69, 9.17) is 15.8 Å². The van der Waals surface area contributed by atoms with Gasteiger partial charge in [0.2, 0.25) is 9.05 Å². The molecule has 2 N–H and O–H groups in total. The Balaban J connectivity index is 4.36. The third-order valence-electron chi connectivity index (χ3n) is 1.49. The molecule has 0 saturated carbocycles. The second-order valence-corrected chi connectivity index (χ2v) is 5.83. The largest absolute Gasteiger partial charge is 0.465 e. The summed E-state index contributed by atoms with van der Waals surface area (Å²) in [6.07, 6.45) is -1.25. The van der Waals surface area contributed by atoms with Crippen molar-refractivity contribution in [2.45, 2.75) is 19.9 Å². The fourth-order valence-corrected chi connectivity index (χ4v) is 2.08. The topological polar surface area (TPSA) is 83.5 Å². The Kier molecular flexibility index (Phi) is 4.49. The molecule has 0 rings (SSSR count). The Labute approximate surface area is 81.5 Å². The molecule has 0 aromatic rings. The molecule has 0 aliphatic heterocycles. The van der Waals surface area contributed by atoms with Crippen LogP contribution in [0.2, 0.25) is 0 Å². The molecular weight excluding hydrogens is 218 g/mol. The molecule has 0 heterocycles. The van der Waals surface area contributed by atoms with Gasteiger partial charge in [-0.2, -0.15) is 0 Å². The van der Waals surface area contributed by atoms with Crippen LogP contribution in [0.1, 0.15) is 13.8 Å². The highest BCUT2D eigenvalue weighted by Crippen LogP contribution is 2.07. The number of hydrogen-bond acceptors (Lipinski definition) is 3. The van der Waals surface area contributed by atoms with Gasteiger partial charge in [-0.25, -0.2) is 13.2 Å². The van der Waals surface area contributed by atoms with Crippen molar-refractivity contribution in [2.75, 3.05) is 5.75 Å². The molecule has 0 aromatic carbocycles. The predicted octanol–water partition coefficient (Wildman–Crippen LogP) is 0.847. The maximum atomic E-state index is 10.7. The van der Waals surface area contributed by atoms with Crippen molar-refractivity contribution in [3.63, 3.8) is 0 Å². The van der Waals surface area contributed by atoms with Crippen molar-refractivity contribution >= 4 is 25.8 Å². The maximum absolute atomic E-state index is 10.7. The molecule has 5 nitrogen and oxygen atoms in total. The summed E-state index contributed by atoms with van der Waals surface area (Å²) in [4.78, 5) is 10.3. The van der Waals surface area contributed by atoms with E-state index < -0.39 is 26.9 Å². The maximum Gasteiger partial charge on any atom is 0.404 e. The molecule has 78 valence electrons. The molecular formula is C6H12ClNO4S. The minimum Gasteiger partial charge on any atom is -0.465 e. The molecule has 0 fully saturated rings. The molecule has 0 radical (unpaired) electrons. The average Bonchev–Trinajstić information content (AvgIpc) is 1.81. The van der Waals surface area contributed by atoms with Crippen LogP contribution >= 0.6 is 10.7 Å². The second-order valence-electron chi connectivity index (χ2n) is 3.01. The van der Waals surface area contributed by atoms with E-state index in [1.54, 1.807) is 13.8 Å². The quantitative estimate of drug-likeness (QED) is 0.700. The first-order chi connectivity index (χ1) is 5.72. The summed E-state index contributed by atoms with van der Waals surface area (Å²) in [5.74, 6) is -0.511. The molecule has 13 heavy (non-hydrogen) atoms. The average molecular weight is 230 g/mol. The number of hydrogen-bond donors (Lipinski definition) is 2. The van der Waals surface area contributed by atoms with Crippen LogP contribution in [0.3, 0.4) is 0 Å². The van der Waals surface area contributed by atoms with E-state index in [1.807, 2.05) is 0 Å². The Morgan fingerprint density at radius 1 is 1.54 bits per heavy atom. The Bertz CT molecular complexity index is 274. The van der Waals surface area contributed by atoms with E-state index in [2.05, 4.69) is 5.32 Å². The van der Waals surface area contributed by atoms with Gasteiger partial charge in [0, 0.05) is 16.7 Å². The molecule has 0 spiro atoms. The molecule has 7 heteroatoms. The second kappa shape index (κ2) is 4.66. The van der Waals surface area contributed by atoms with E-state index in [1.165, 1.54) is 0 Å². The Hall–Kier alpha value is -0.490. The number of carboxylic acid groups (broad SMARTS) is 1. The van der Waals surface area contributed by atoms with Crippen LogP contribution < -0.4 is 5.32 Å². The van der Waals surface area contributed by atoms with E-state index >= 15 is 0 Å². The summed E-state index contributed by atoms with van der Waals surface area (Å²) in [6, 6.07) is -0.667. The number of amides is 1. The summed E-state index contributed by atoms with van der Waals surface area (Å²) < 4.78 is 21.3. The molecule has 0 unspecified atom stereocenters. The molecule has 1 atom stereocenters. The van der Waals surface area contributed by atoms with Crippen LogP contribution in [0.25, 0.3) is 0 Å². The van der Waals surface area contributed by atoms with E-state index in [9.17, 15) is 13.2 Å². The SMILES string of the molecule is CC(C)[C@@H](CS(=O)(=O)Cl)NC(=O)O. The van der Waals surface area contributed by atoms with Gasteiger partial charge >= 0.3 is 6.09 Å². The lowest BCUT2D eigenvalue weighted by Gasteiger charge is -2.18. The van der Waals surface area contributed by atoms with Crippen LogP contribution in [0.5, 0.6) is 0 Å². The molecule has 0 bridgehead atoms. The molecule has 0 aliphatic rings. The first kappa shape index (κ1) is 12.5. The first-order valence-corrected chi connectivity index (χ1v) is 6.12. The van der Waals surface area contributed by atoms with Crippen LogP contribution in [0.15, 0.2) is 0 Å². The molecule has 0 aliphatic carbocycles. The Morgan fingerprint density at radius 2 is 2.00 bits per heavy atom. The van der Waals surface area contributed by atoms with Gasteiger partial charge in [-0.05, 0) is 5.92 Å². The summed E-state index contributed by atoms with van der Waals surface area (Å²) >= 11 is 0. The van der Waals surface area contributed by atoms with Crippen molar-refractivity contribution in [1.29, 1.82) is 0 Å². The van der Waals surface area contributed by atoms with E-state index in [0.29, 0.717) is 0 Å². The lowest BCUT2D eigenvalue weighted by Crippen LogP contribution is -2.41. The number of carbonyl (C=O) groups is 1. The van der Waals surface area contributed by atoms with Gasteiger partial charge in [0.05, 0.1) is 5.75 Å². The third-order valence-corrected chi connectivity index (χ3v) is 2.63. The van der Waals surface area contributed by atoms with Gasteiger partial charge in [-0.3, -0.25) is 0 Å². The lowest BCUT2D eigenvalue weighted by atomic mass is 10.1. The Morgan fingerprint density at radius 3 is 2.23 bits per heavy atom. The van der Waals surface area contributed by atoms with Gasteiger partial charge in [0.15, 0.2) is 0 Å². The van der Waals surface area contributed by atoms with Crippen LogP contribution in [-0.4, -0.2) is 31.4 Å². The standard InChI is InChI=1S/C6H12ClNO4S/c1-4(2)5(8-6(9)10)3-13(7,11)12/h4-5,8H,3H2,1-2H3,(H,9,10)/t5-/m1/s1. The zero-order chi connectivity index (χ0) is 10.6. The summed E-state index contributed by atoms with van der Waals surface area (Å²) in [6.45, 7) is 3.42. The van der Waals surface area contributed by atoms with Crippen LogP contribution in [0, 0.1) is 5.92 Å². The van der Waals surface area contributed by atoms with E-state index in [0.717, 1.165) is 0 Å². The zero-order valence-electron chi connectivity index (χ0n) is 7.32. The van der Waals surface area contributed by atoms with Gasteiger partial charge in [-0.15, -0.1) is 0 Å². The summed E-state index contributed by atoms with van der Waals surface area (Å²) in [5.41, 5.74) is 0. The highest BCUT2D eigenvalue weighted by Gasteiger charge is 2.21. The van der Waals surface area contributed by atoms with Crippen molar-refractivity contribution in [2.24, 2.45) is 5.92 Å². The lowest BCUT2D eigenvalue weighted by molar-refractivity contribution is 0.187. The van der Waals surface area contributed by atoms with Crippen molar-refractivity contribution in [3.05, 3.63) is 0 Å². The highest BCUT2D eigenvalue weighted by molar-refractivity contribution is 8.13. The first-order valence-electron chi connectivity index (χ1n) is 3.64. The monoisotopic (exact) mass is 229 g/mol. The summed E-state index contributed by atoms with van der Waals surface area (Å²) in [7, 11) is 1.33. The normalized spacial score (nSPS) is 14.2. The summed E-state index contributed by atoms with van der Waals surface area (Å²) in [5, 5.41) is 10.5. The molecule has 1 amide bonds. The number of rotatable bonds is 4. The molecule has 0 saturated heterocycles. The smallest absolute Gasteiger partial charge is 0.404 e. The third kappa shape index (κ3) is 6.65. The minimum absolute atomic E-state index is 0.121. The van der Waals surface area contributed by atoms with Crippen molar-refractivity contribution in [1.82, 2.24) is 5.32 Å². The predicted molar refractivity (Wildman–Crippen MR) is 49.4 cm³/mol. The highest BCUT2D eigenvalue weighted by atomic mass is 35.7. The van der Waals surface area contributed by atoms with E-state index in [-0.39, 0.29) is 5.92 Å². The van der Waals surface area contributed by atoms with Crippen LogP contribution in [0.4, 0.5) is 4.79 Å². The fourth-order valence-electron chi connectivity index (χ4n) is 0.774. The number of halogens is 1.